The molecule has 3 atom stereocenters. The molecular weight excluding hydrogens is 367 g/mol. The molecule has 0 spiro atoms. The fraction of sp³-hybridized carbons (Fsp3) is 0.625. The second kappa shape index (κ2) is 4.73. The average Bonchev–Trinajstić information content (AvgIpc) is 2.82. The highest BCUT2D eigenvalue weighted by Gasteiger charge is 2.89. The maximum atomic E-state index is 14.4. The highest BCUT2D eigenvalue weighted by Crippen LogP contribution is 2.80. The summed E-state index contributed by atoms with van der Waals surface area (Å²) in [5.74, 6) is -8.00. The van der Waals surface area contributed by atoms with Crippen molar-refractivity contribution in [3.63, 3.8) is 0 Å². The molecule has 3 nitrogen and oxygen atoms in total. The maximum Gasteiger partial charge on any atom is 0.456 e. The predicted octanol–water partition coefficient (Wildman–Crippen LogP) is 3.92. The van der Waals surface area contributed by atoms with E-state index in [9.17, 15) is 30.4 Å². The average molecular weight is 382 g/mol. The standard InChI is InChI=1S/C16H15F5O3S/c1-8-2-4-10(5-3-8)25(22,23)24-14(15(17,18)16(19,20)21)9-6-11-12(7-9)13(11)14/h2-5,9,11-13H,6-7H2,1H3/t9?,11?,12?,13?,14-/m0/s1. The summed E-state index contributed by atoms with van der Waals surface area (Å²) in [4.78, 5) is -0.420. The second-order valence-electron chi connectivity index (χ2n) is 7.24. The molecule has 2 unspecified atom stereocenters. The van der Waals surface area contributed by atoms with Gasteiger partial charge in [-0.05, 0) is 49.7 Å². The molecule has 4 saturated carbocycles. The first kappa shape index (κ1) is 17.2. The van der Waals surface area contributed by atoms with Gasteiger partial charge in [0.1, 0.15) is 0 Å². The Kier molecular flexibility index (Phi) is 3.26. The van der Waals surface area contributed by atoms with Crippen molar-refractivity contribution in [2.24, 2.45) is 23.7 Å². The van der Waals surface area contributed by atoms with Crippen molar-refractivity contribution >= 4 is 10.1 Å². The Hall–Kier alpha value is -1.22. The van der Waals surface area contributed by atoms with E-state index in [2.05, 4.69) is 0 Å². The van der Waals surface area contributed by atoms with E-state index in [0.29, 0.717) is 0 Å². The predicted molar refractivity (Wildman–Crippen MR) is 76.4 cm³/mol. The van der Waals surface area contributed by atoms with Crippen LogP contribution in [0.1, 0.15) is 18.4 Å². The number of benzene rings is 1. The maximum absolute atomic E-state index is 14.4. The van der Waals surface area contributed by atoms with Crippen molar-refractivity contribution in [3.05, 3.63) is 29.8 Å². The van der Waals surface area contributed by atoms with Crippen LogP contribution in [0.5, 0.6) is 0 Å². The number of aryl methyl sites for hydroxylation is 1. The minimum Gasteiger partial charge on any atom is -0.252 e. The molecule has 5 rings (SSSR count). The van der Waals surface area contributed by atoms with Crippen molar-refractivity contribution in [1.29, 1.82) is 0 Å². The van der Waals surface area contributed by atoms with E-state index < -0.39 is 44.5 Å². The van der Waals surface area contributed by atoms with Crippen LogP contribution in [0.2, 0.25) is 0 Å². The zero-order valence-electron chi connectivity index (χ0n) is 13.1. The van der Waals surface area contributed by atoms with E-state index in [4.69, 9.17) is 4.18 Å². The Labute approximate surface area is 141 Å². The van der Waals surface area contributed by atoms with Gasteiger partial charge in [-0.1, -0.05) is 17.7 Å². The van der Waals surface area contributed by atoms with Gasteiger partial charge in [0.15, 0.2) is 5.60 Å². The van der Waals surface area contributed by atoms with Crippen molar-refractivity contribution in [2.75, 3.05) is 0 Å². The molecule has 138 valence electrons. The first-order valence-electron chi connectivity index (χ1n) is 7.88. The molecule has 0 amide bonds. The molecular formula is C16H15F5O3S. The summed E-state index contributed by atoms with van der Waals surface area (Å²) in [5.41, 5.74) is -2.30. The van der Waals surface area contributed by atoms with E-state index in [0.717, 1.165) is 17.7 Å². The molecule has 4 bridgehead atoms. The zero-order chi connectivity index (χ0) is 18.4. The zero-order valence-corrected chi connectivity index (χ0v) is 13.9. The van der Waals surface area contributed by atoms with Gasteiger partial charge in [-0.2, -0.15) is 30.4 Å². The van der Waals surface area contributed by atoms with Crippen molar-refractivity contribution in [2.45, 2.75) is 42.4 Å². The van der Waals surface area contributed by atoms with E-state index in [1.165, 1.54) is 12.1 Å². The third-order valence-corrected chi connectivity index (χ3v) is 7.30. The van der Waals surface area contributed by atoms with Crippen LogP contribution in [-0.2, 0) is 14.3 Å². The van der Waals surface area contributed by atoms with Crippen LogP contribution >= 0.6 is 0 Å². The smallest absolute Gasteiger partial charge is 0.252 e. The molecule has 4 aliphatic rings. The van der Waals surface area contributed by atoms with Crippen molar-refractivity contribution in [1.82, 2.24) is 0 Å². The fourth-order valence-corrected chi connectivity index (χ4v) is 6.18. The molecule has 0 N–H and O–H groups in total. The minimum absolute atomic E-state index is 0.157. The number of alkyl halides is 5. The van der Waals surface area contributed by atoms with E-state index in [-0.39, 0.29) is 24.7 Å². The molecule has 1 aromatic rings. The topological polar surface area (TPSA) is 43.4 Å². The Bertz CT molecular complexity index is 801. The van der Waals surface area contributed by atoms with E-state index >= 15 is 0 Å². The van der Waals surface area contributed by atoms with Crippen LogP contribution in [0.25, 0.3) is 0 Å². The van der Waals surface area contributed by atoms with Gasteiger partial charge in [-0.25, -0.2) is 0 Å². The largest absolute Gasteiger partial charge is 0.456 e. The van der Waals surface area contributed by atoms with Crippen molar-refractivity contribution < 1.29 is 34.6 Å². The third-order valence-electron chi connectivity index (χ3n) is 5.95. The quantitative estimate of drug-likeness (QED) is 0.586. The molecule has 0 radical (unpaired) electrons. The lowest BCUT2D eigenvalue weighted by Gasteiger charge is -2.40. The van der Waals surface area contributed by atoms with Gasteiger partial charge in [0, 0.05) is 5.92 Å². The summed E-state index contributed by atoms with van der Waals surface area (Å²) in [6, 6.07) is 5.15. The first-order chi connectivity index (χ1) is 11.4. The van der Waals surface area contributed by atoms with Crippen LogP contribution in [-0.4, -0.2) is 26.1 Å². The van der Waals surface area contributed by atoms with Gasteiger partial charge in [0.25, 0.3) is 10.1 Å². The molecule has 0 aliphatic heterocycles. The summed E-state index contributed by atoms with van der Waals surface area (Å²) in [5, 5.41) is 0. The van der Waals surface area contributed by atoms with E-state index in [1.54, 1.807) is 6.92 Å². The SMILES string of the molecule is Cc1ccc(S(=O)(=O)O[C@@]2(C(F)(F)C(F)(F)F)C3CC4C(C3)C42)cc1. The minimum atomic E-state index is -5.87. The van der Waals surface area contributed by atoms with Crippen LogP contribution < -0.4 is 0 Å². The lowest BCUT2D eigenvalue weighted by molar-refractivity contribution is -0.342. The van der Waals surface area contributed by atoms with Gasteiger partial charge in [0.05, 0.1) is 4.90 Å². The first-order valence-corrected chi connectivity index (χ1v) is 9.29. The van der Waals surface area contributed by atoms with Crippen LogP contribution in [0.3, 0.4) is 0 Å². The number of hydrogen-bond donors (Lipinski definition) is 0. The lowest BCUT2D eigenvalue weighted by Crippen LogP contribution is -2.61. The van der Waals surface area contributed by atoms with Crippen LogP contribution in [0.15, 0.2) is 29.2 Å². The number of rotatable bonds is 4. The molecule has 4 aliphatic carbocycles. The Morgan fingerprint density at radius 1 is 1.04 bits per heavy atom. The molecule has 25 heavy (non-hydrogen) atoms. The van der Waals surface area contributed by atoms with Crippen LogP contribution in [0.4, 0.5) is 22.0 Å². The highest BCUT2D eigenvalue weighted by atomic mass is 32.2. The summed E-state index contributed by atoms with van der Waals surface area (Å²) < 4.78 is 98.0. The Morgan fingerprint density at radius 2 is 1.56 bits per heavy atom. The normalized spacial score (nSPS) is 36.7. The molecule has 0 saturated heterocycles. The monoisotopic (exact) mass is 382 g/mol. The molecule has 1 aromatic carbocycles. The lowest BCUT2D eigenvalue weighted by atomic mass is 9.85. The number of halogens is 5. The number of hydrogen-bond acceptors (Lipinski definition) is 3. The van der Waals surface area contributed by atoms with Gasteiger partial charge in [-0.15, -0.1) is 0 Å². The molecule has 0 aromatic heterocycles. The Balaban J connectivity index is 1.78. The summed E-state index contributed by atoms with van der Waals surface area (Å²) >= 11 is 0. The van der Waals surface area contributed by atoms with Gasteiger partial charge >= 0.3 is 12.1 Å². The summed E-state index contributed by atoms with van der Waals surface area (Å²) in [7, 11) is -4.75. The third kappa shape index (κ3) is 2.08. The van der Waals surface area contributed by atoms with E-state index in [1.807, 2.05) is 0 Å². The molecule has 4 fully saturated rings. The van der Waals surface area contributed by atoms with Crippen LogP contribution in [0, 0.1) is 30.6 Å². The molecule has 0 heterocycles. The van der Waals surface area contributed by atoms with Crippen molar-refractivity contribution in [3.8, 4) is 0 Å². The van der Waals surface area contributed by atoms with Gasteiger partial charge < -0.3 is 0 Å². The highest BCUT2D eigenvalue weighted by molar-refractivity contribution is 7.86. The summed E-state index contributed by atoms with van der Waals surface area (Å²) in [6.07, 6.45) is -5.56. The Morgan fingerprint density at radius 3 is 1.96 bits per heavy atom. The van der Waals surface area contributed by atoms with Gasteiger partial charge in [0.2, 0.25) is 0 Å². The van der Waals surface area contributed by atoms with Gasteiger partial charge in [-0.3, -0.25) is 4.18 Å². The summed E-state index contributed by atoms with van der Waals surface area (Å²) in [6.45, 7) is 1.69. The molecule has 9 heteroatoms. The second-order valence-corrected chi connectivity index (χ2v) is 8.78. The fourth-order valence-electron chi connectivity index (χ4n) is 4.90.